The second kappa shape index (κ2) is 6.62. The largest absolute Gasteiger partial charge is 0.493 e. The highest BCUT2D eigenvalue weighted by Crippen LogP contribution is 2.29. The van der Waals surface area contributed by atoms with E-state index in [1.165, 1.54) is 8.61 Å². The second-order valence-corrected chi connectivity index (χ2v) is 10.1. The fraction of sp³-hybridized carbons (Fsp3) is 0.600. The standard InChI is InChI=1S/C15H22N2O5S2/c1-2-23(18,19)16-7-9-17(10-8-16)24(20,21)14-5-6-15-13(12-14)4-3-11-22-15/h5-6,12H,2-4,7-11H2,1H3. The molecule has 1 aromatic carbocycles. The average Bonchev–Trinajstić information content (AvgIpc) is 2.61. The highest BCUT2D eigenvalue weighted by atomic mass is 32.2. The molecule has 2 heterocycles. The molecule has 0 amide bonds. The zero-order valence-corrected chi connectivity index (χ0v) is 15.3. The Balaban J connectivity index is 1.77. The number of ether oxygens (including phenoxy) is 1. The van der Waals surface area contributed by atoms with Crippen LogP contribution in [0.2, 0.25) is 0 Å². The fourth-order valence-electron chi connectivity index (χ4n) is 3.02. The van der Waals surface area contributed by atoms with Crippen LogP contribution in [-0.4, -0.2) is 64.0 Å². The van der Waals surface area contributed by atoms with Gasteiger partial charge in [0, 0.05) is 26.2 Å². The second-order valence-electron chi connectivity index (χ2n) is 5.93. The van der Waals surface area contributed by atoms with Crippen molar-refractivity contribution in [3.63, 3.8) is 0 Å². The van der Waals surface area contributed by atoms with Crippen LogP contribution in [0.25, 0.3) is 0 Å². The lowest BCUT2D eigenvalue weighted by Gasteiger charge is -2.33. The molecule has 0 unspecified atom stereocenters. The molecule has 0 spiro atoms. The summed E-state index contributed by atoms with van der Waals surface area (Å²) < 4.78 is 57.6. The first kappa shape index (κ1) is 17.7. The van der Waals surface area contributed by atoms with Gasteiger partial charge in [0.25, 0.3) is 0 Å². The normalized spacial score (nSPS) is 20.4. The predicted octanol–water partition coefficient (Wildman–Crippen LogP) is 0.668. The first-order chi connectivity index (χ1) is 11.3. The van der Waals surface area contributed by atoms with Crippen LogP contribution in [0.3, 0.4) is 0 Å². The van der Waals surface area contributed by atoms with E-state index >= 15 is 0 Å². The molecule has 3 rings (SSSR count). The minimum atomic E-state index is -3.61. The predicted molar refractivity (Wildman–Crippen MR) is 90.1 cm³/mol. The van der Waals surface area contributed by atoms with Crippen molar-refractivity contribution in [2.45, 2.75) is 24.7 Å². The maximum atomic E-state index is 12.8. The number of aryl methyl sites for hydroxylation is 1. The topological polar surface area (TPSA) is 84.0 Å². The van der Waals surface area contributed by atoms with Crippen LogP contribution >= 0.6 is 0 Å². The van der Waals surface area contributed by atoms with E-state index in [2.05, 4.69) is 0 Å². The van der Waals surface area contributed by atoms with Gasteiger partial charge in [-0.2, -0.15) is 8.61 Å². The van der Waals surface area contributed by atoms with E-state index < -0.39 is 20.0 Å². The minimum Gasteiger partial charge on any atom is -0.493 e. The van der Waals surface area contributed by atoms with Crippen molar-refractivity contribution in [2.75, 3.05) is 38.5 Å². The van der Waals surface area contributed by atoms with E-state index in [-0.39, 0.29) is 36.8 Å². The van der Waals surface area contributed by atoms with Gasteiger partial charge in [0.15, 0.2) is 0 Å². The lowest BCUT2D eigenvalue weighted by molar-refractivity contribution is 0.272. The quantitative estimate of drug-likeness (QED) is 0.773. The molecule has 24 heavy (non-hydrogen) atoms. The van der Waals surface area contributed by atoms with Crippen LogP contribution in [0, 0.1) is 0 Å². The van der Waals surface area contributed by atoms with E-state index in [9.17, 15) is 16.8 Å². The summed E-state index contributed by atoms with van der Waals surface area (Å²) in [5, 5.41) is 0. The van der Waals surface area contributed by atoms with E-state index in [0.29, 0.717) is 6.61 Å². The number of benzene rings is 1. The van der Waals surface area contributed by atoms with Gasteiger partial charge in [0.05, 0.1) is 17.3 Å². The zero-order valence-electron chi connectivity index (χ0n) is 13.6. The van der Waals surface area contributed by atoms with Crippen LogP contribution < -0.4 is 4.74 Å². The van der Waals surface area contributed by atoms with Gasteiger partial charge in [-0.15, -0.1) is 0 Å². The Morgan fingerprint density at radius 3 is 2.38 bits per heavy atom. The summed E-state index contributed by atoms with van der Waals surface area (Å²) in [6.45, 7) is 3.00. The molecule has 0 bridgehead atoms. The first-order valence-electron chi connectivity index (χ1n) is 8.08. The average molecular weight is 374 g/mol. The Bertz CT molecular complexity index is 812. The smallest absolute Gasteiger partial charge is 0.243 e. The maximum absolute atomic E-state index is 12.8. The molecule has 2 aliphatic heterocycles. The van der Waals surface area contributed by atoms with Crippen LogP contribution in [0.15, 0.2) is 23.1 Å². The summed E-state index contributed by atoms with van der Waals surface area (Å²) in [5.74, 6) is 0.781. The van der Waals surface area contributed by atoms with Gasteiger partial charge in [-0.1, -0.05) is 0 Å². The van der Waals surface area contributed by atoms with Gasteiger partial charge < -0.3 is 4.74 Å². The van der Waals surface area contributed by atoms with Crippen molar-refractivity contribution in [2.24, 2.45) is 0 Å². The Kier molecular flexibility index (Phi) is 4.87. The minimum absolute atomic E-state index is 0.0323. The summed E-state index contributed by atoms with van der Waals surface area (Å²) in [7, 11) is -6.89. The van der Waals surface area contributed by atoms with Gasteiger partial charge in [-0.25, -0.2) is 16.8 Å². The summed E-state index contributed by atoms with van der Waals surface area (Å²) in [6.07, 6.45) is 1.69. The molecule has 0 aliphatic carbocycles. The SMILES string of the molecule is CCS(=O)(=O)N1CCN(S(=O)(=O)c2ccc3c(c2)CCCO3)CC1. The monoisotopic (exact) mass is 374 g/mol. The number of nitrogens with zero attached hydrogens (tertiary/aromatic N) is 2. The number of sulfonamides is 2. The Hall–Kier alpha value is -1.16. The lowest BCUT2D eigenvalue weighted by atomic mass is 10.1. The third-order valence-corrected chi connectivity index (χ3v) is 8.25. The van der Waals surface area contributed by atoms with Gasteiger partial charge in [0.2, 0.25) is 20.0 Å². The number of hydrogen-bond acceptors (Lipinski definition) is 5. The summed E-state index contributed by atoms with van der Waals surface area (Å²) in [5.41, 5.74) is 0.912. The van der Waals surface area contributed by atoms with Crippen molar-refractivity contribution < 1.29 is 21.6 Å². The molecule has 2 aliphatic rings. The molecule has 0 radical (unpaired) electrons. The molecule has 0 atom stereocenters. The van der Waals surface area contributed by atoms with Gasteiger partial charge in [-0.3, -0.25) is 0 Å². The van der Waals surface area contributed by atoms with E-state index in [1.54, 1.807) is 25.1 Å². The van der Waals surface area contributed by atoms with E-state index in [1.807, 2.05) is 0 Å². The van der Waals surface area contributed by atoms with Crippen molar-refractivity contribution in [1.82, 2.24) is 8.61 Å². The van der Waals surface area contributed by atoms with E-state index in [0.717, 1.165) is 24.2 Å². The summed E-state index contributed by atoms with van der Waals surface area (Å²) in [6, 6.07) is 4.95. The third-order valence-electron chi connectivity index (χ3n) is 4.47. The van der Waals surface area contributed by atoms with Crippen LogP contribution in [0.5, 0.6) is 5.75 Å². The lowest BCUT2D eigenvalue weighted by Crippen LogP contribution is -2.50. The third kappa shape index (κ3) is 3.30. The number of hydrogen-bond donors (Lipinski definition) is 0. The molecule has 1 aromatic rings. The number of rotatable bonds is 4. The molecule has 0 N–H and O–H groups in total. The molecule has 0 saturated carbocycles. The molecular formula is C15H22N2O5S2. The Morgan fingerprint density at radius 2 is 1.71 bits per heavy atom. The van der Waals surface area contributed by atoms with Crippen LogP contribution in [0.1, 0.15) is 18.9 Å². The van der Waals surface area contributed by atoms with Gasteiger partial charge in [0.1, 0.15) is 5.75 Å². The highest BCUT2D eigenvalue weighted by Gasteiger charge is 2.32. The van der Waals surface area contributed by atoms with Crippen molar-refractivity contribution in [3.05, 3.63) is 23.8 Å². The van der Waals surface area contributed by atoms with Crippen molar-refractivity contribution >= 4 is 20.0 Å². The number of fused-ring (bicyclic) bond motifs is 1. The molecule has 0 aromatic heterocycles. The van der Waals surface area contributed by atoms with Crippen LogP contribution in [0.4, 0.5) is 0 Å². The molecule has 134 valence electrons. The number of piperazine rings is 1. The van der Waals surface area contributed by atoms with Crippen molar-refractivity contribution in [1.29, 1.82) is 0 Å². The van der Waals surface area contributed by atoms with Crippen LogP contribution in [-0.2, 0) is 26.5 Å². The van der Waals surface area contributed by atoms with Gasteiger partial charge in [-0.05, 0) is 43.5 Å². The summed E-state index contributed by atoms with van der Waals surface area (Å²) in [4.78, 5) is 0.249. The fourth-order valence-corrected chi connectivity index (χ4v) is 5.58. The summed E-state index contributed by atoms with van der Waals surface area (Å²) >= 11 is 0. The Morgan fingerprint density at radius 1 is 1.04 bits per heavy atom. The van der Waals surface area contributed by atoms with Gasteiger partial charge >= 0.3 is 0 Å². The Labute approximate surface area is 143 Å². The first-order valence-corrected chi connectivity index (χ1v) is 11.1. The molecule has 7 nitrogen and oxygen atoms in total. The molecule has 1 fully saturated rings. The molecule has 9 heteroatoms. The van der Waals surface area contributed by atoms with Crippen molar-refractivity contribution in [3.8, 4) is 5.75 Å². The highest BCUT2D eigenvalue weighted by molar-refractivity contribution is 7.89. The zero-order chi connectivity index (χ0) is 17.4. The maximum Gasteiger partial charge on any atom is 0.243 e. The molecule has 1 saturated heterocycles. The van der Waals surface area contributed by atoms with E-state index in [4.69, 9.17) is 4.74 Å². The molecular weight excluding hydrogens is 352 g/mol.